The Kier molecular flexibility index (Phi) is 11.4. The molecule has 1 fully saturated rings. The predicted molar refractivity (Wildman–Crippen MR) is 138 cm³/mol. The molecule has 0 radical (unpaired) electrons. The van der Waals surface area contributed by atoms with Crippen LogP contribution < -0.4 is 16.0 Å². The molecule has 1 unspecified atom stereocenters. The normalized spacial score (nSPS) is 15.1. The van der Waals surface area contributed by atoms with E-state index in [1.165, 1.54) is 18.4 Å². The first-order valence-corrected chi connectivity index (χ1v) is 10.8. The van der Waals surface area contributed by atoms with Crippen molar-refractivity contribution in [2.75, 3.05) is 39.8 Å². The lowest BCUT2D eigenvalue weighted by Gasteiger charge is -2.29. The summed E-state index contributed by atoms with van der Waals surface area (Å²) in [5.41, 5.74) is 2.03. The second-order valence-electron chi connectivity index (χ2n) is 7.52. The maximum absolute atomic E-state index is 12.1. The molecule has 31 heavy (non-hydrogen) atoms. The Labute approximate surface area is 202 Å². The number of guanidine groups is 1. The van der Waals surface area contributed by atoms with Crippen LogP contribution in [0.2, 0.25) is 0 Å². The molecular formula is C24H34IN5O. The zero-order chi connectivity index (χ0) is 21.0. The van der Waals surface area contributed by atoms with E-state index in [-0.39, 0.29) is 29.9 Å². The van der Waals surface area contributed by atoms with Crippen LogP contribution in [-0.2, 0) is 0 Å². The highest BCUT2D eigenvalue weighted by atomic mass is 127. The lowest BCUT2D eigenvalue weighted by Crippen LogP contribution is -2.43. The molecule has 1 aliphatic rings. The summed E-state index contributed by atoms with van der Waals surface area (Å²) < 4.78 is 0. The smallest absolute Gasteiger partial charge is 0.251 e. The van der Waals surface area contributed by atoms with Gasteiger partial charge >= 0.3 is 0 Å². The van der Waals surface area contributed by atoms with Crippen LogP contribution in [0, 0.1) is 0 Å². The third kappa shape index (κ3) is 8.14. The molecule has 1 saturated heterocycles. The van der Waals surface area contributed by atoms with Gasteiger partial charge in [0.05, 0.1) is 6.04 Å². The fourth-order valence-corrected chi connectivity index (χ4v) is 3.79. The maximum Gasteiger partial charge on any atom is 0.251 e. The Balaban J connectivity index is 0.00000341. The zero-order valence-corrected chi connectivity index (χ0v) is 20.5. The summed E-state index contributed by atoms with van der Waals surface area (Å²) >= 11 is 0. The second kappa shape index (κ2) is 14.0. The summed E-state index contributed by atoms with van der Waals surface area (Å²) in [7, 11) is 1.79. The van der Waals surface area contributed by atoms with Gasteiger partial charge in [-0.05, 0) is 50.0 Å². The minimum Gasteiger partial charge on any atom is -0.356 e. The molecule has 2 aromatic rings. The van der Waals surface area contributed by atoms with Crippen molar-refractivity contribution in [3.8, 4) is 0 Å². The SMILES string of the molecule is CN=C(NCCCNC(=O)c1ccccc1)NCC(c1ccccc1)N1CCCC1.I. The summed E-state index contributed by atoms with van der Waals surface area (Å²) in [6, 6.07) is 20.3. The minimum absolute atomic E-state index is 0. The minimum atomic E-state index is -0.0329. The number of carbonyl (C=O) groups excluding carboxylic acids is 1. The average molecular weight is 535 g/mol. The molecule has 2 aromatic carbocycles. The number of likely N-dealkylation sites (tertiary alicyclic amines) is 1. The van der Waals surface area contributed by atoms with Crippen molar-refractivity contribution in [1.29, 1.82) is 0 Å². The quantitative estimate of drug-likeness (QED) is 0.199. The van der Waals surface area contributed by atoms with Gasteiger partial charge < -0.3 is 16.0 Å². The van der Waals surface area contributed by atoms with Crippen molar-refractivity contribution in [2.24, 2.45) is 4.99 Å². The van der Waals surface area contributed by atoms with Crippen molar-refractivity contribution < 1.29 is 4.79 Å². The van der Waals surface area contributed by atoms with Gasteiger partial charge in [-0.1, -0.05) is 48.5 Å². The van der Waals surface area contributed by atoms with Crippen LogP contribution in [-0.4, -0.2) is 56.5 Å². The van der Waals surface area contributed by atoms with E-state index in [2.05, 4.69) is 56.2 Å². The van der Waals surface area contributed by atoms with Crippen molar-refractivity contribution in [2.45, 2.75) is 25.3 Å². The zero-order valence-electron chi connectivity index (χ0n) is 18.2. The number of aliphatic imine (C=N–C) groups is 1. The summed E-state index contributed by atoms with van der Waals surface area (Å²) in [6.45, 7) is 4.48. The van der Waals surface area contributed by atoms with Gasteiger partial charge in [-0.25, -0.2) is 0 Å². The highest BCUT2D eigenvalue weighted by Gasteiger charge is 2.23. The third-order valence-electron chi connectivity index (χ3n) is 5.42. The number of rotatable bonds is 9. The van der Waals surface area contributed by atoms with E-state index in [4.69, 9.17) is 0 Å². The van der Waals surface area contributed by atoms with Crippen molar-refractivity contribution >= 4 is 35.8 Å². The van der Waals surface area contributed by atoms with E-state index < -0.39 is 0 Å². The topological polar surface area (TPSA) is 68.8 Å². The predicted octanol–water partition coefficient (Wildman–Crippen LogP) is 3.43. The first kappa shape index (κ1) is 25.1. The molecule has 0 saturated carbocycles. The number of hydrogen-bond acceptors (Lipinski definition) is 3. The first-order valence-electron chi connectivity index (χ1n) is 10.8. The van der Waals surface area contributed by atoms with E-state index in [0.29, 0.717) is 18.2 Å². The van der Waals surface area contributed by atoms with Gasteiger partial charge in [-0.2, -0.15) is 0 Å². The highest BCUT2D eigenvalue weighted by Crippen LogP contribution is 2.24. The fourth-order valence-electron chi connectivity index (χ4n) is 3.79. The van der Waals surface area contributed by atoms with Gasteiger partial charge in [0.2, 0.25) is 0 Å². The Morgan fingerprint density at radius 1 is 0.935 bits per heavy atom. The maximum atomic E-state index is 12.1. The number of nitrogens with one attached hydrogen (secondary N) is 3. The monoisotopic (exact) mass is 535 g/mol. The van der Waals surface area contributed by atoms with E-state index in [1.54, 1.807) is 7.05 Å². The molecule has 6 nitrogen and oxygen atoms in total. The molecule has 1 heterocycles. The Morgan fingerprint density at radius 3 is 2.19 bits per heavy atom. The molecule has 0 spiro atoms. The Bertz CT molecular complexity index is 794. The summed E-state index contributed by atoms with van der Waals surface area (Å²) in [6.07, 6.45) is 3.36. The van der Waals surface area contributed by atoms with E-state index in [0.717, 1.165) is 38.6 Å². The van der Waals surface area contributed by atoms with Crippen molar-refractivity contribution in [3.05, 3.63) is 71.8 Å². The second-order valence-corrected chi connectivity index (χ2v) is 7.52. The molecule has 3 rings (SSSR count). The van der Waals surface area contributed by atoms with Crippen molar-refractivity contribution in [3.63, 3.8) is 0 Å². The number of halogens is 1. The van der Waals surface area contributed by atoms with E-state index in [1.807, 2.05) is 30.3 Å². The van der Waals surface area contributed by atoms with Crippen LogP contribution in [0.1, 0.15) is 41.2 Å². The summed E-state index contributed by atoms with van der Waals surface area (Å²) in [5.74, 6) is 0.763. The molecule has 1 aliphatic heterocycles. The van der Waals surface area contributed by atoms with Crippen LogP contribution in [0.5, 0.6) is 0 Å². The van der Waals surface area contributed by atoms with Gasteiger partial charge in [-0.15, -0.1) is 24.0 Å². The fraction of sp³-hybridized carbons (Fsp3) is 0.417. The molecule has 7 heteroatoms. The number of hydrogen-bond donors (Lipinski definition) is 3. The van der Waals surface area contributed by atoms with Crippen molar-refractivity contribution in [1.82, 2.24) is 20.9 Å². The van der Waals surface area contributed by atoms with Crippen LogP contribution >= 0.6 is 24.0 Å². The van der Waals surface area contributed by atoms with Gasteiger partial charge in [0.15, 0.2) is 5.96 Å². The summed E-state index contributed by atoms with van der Waals surface area (Å²) in [5, 5.41) is 9.78. The highest BCUT2D eigenvalue weighted by molar-refractivity contribution is 14.0. The molecular weight excluding hydrogens is 501 g/mol. The van der Waals surface area contributed by atoms with Crippen LogP contribution in [0.25, 0.3) is 0 Å². The molecule has 1 atom stereocenters. The number of nitrogens with zero attached hydrogens (tertiary/aromatic N) is 2. The number of benzene rings is 2. The summed E-state index contributed by atoms with van der Waals surface area (Å²) in [4.78, 5) is 19.0. The molecule has 1 amide bonds. The molecule has 0 bridgehead atoms. The van der Waals surface area contributed by atoms with Gasteiger partial charge in [0.25, 0.3) is 5.91 Å². The first-order chi connectivity index (χ1) is 14.8. The van der Waals surface area contributed by atoms with Gasteiger partial charge in [0.1, 0.15) is 0 Å². The van der Waals surface area contributed by atoms with Crippen LogP contribution in [0.4, 0.5) is 0 Å². The molecule has 0 aromatic heterocycles. The number of carbonyl (C=O) groups is 1. The Hall–Kier alpha value is -2.13. The van der Waals surface area contributed by atoms with Gasteiger partial charge in [-0.3, -0.25) is 14.7 Å². The average Bonchev–Trinajstić information content (AvgIpc) is 3.33. The Morgan fingerprint density at radius 2 is 1.55 bits per heavy atom. The number of amides is 1. The van der Waals surface area contributed by atoms with Gasteiger partial charge in [0, 0.05) is 32.2 Å². The molecule has 0 aliphatic carbocycles. The lowest BCUT2D eigenvalue weighted by molar-refractivity contribution is 0.0953. The van der Waals surface area contributed by atoms with E-state index >= 15 is 0 Å². The van der Waals surface area contributed by atoms with Crippen LogP contribution in [0.15, 0.2) is 65.7 Å². The van der Waals surface area contributed by atoms with E-state index in [9.17, 15) is 4.79 Å². The molecule has 168 valence electrons. The van der Waals surface area contributed by atoms with Crippen LogP contribution in [0.3, 0.4) is 0 Å². The molecule has 3 N–H and O–H groups in total. The third-order valence-corrected chi connectivity index (χ3v) is 5.42. The largest absolute Gasteiger partial charge is 0.356 e. The standard InChI is InChI=1S/C24H33N5O.HI/c1-25-24(27-16-10-15-26-23(30)21-13-6-3-7-14-21)28-19-22(29-17-8-9-18-29)20-11-4-2-5-12-20;/h2-7,11-14,22H,8-10,15-19H2,1H3,(H,26,30)(H2,25,27,28);1H. The lowest BCUT2D eigenvalue weighted by atomic mass is 10.1.